The summed E-state index contributed by atoms with van der Waals surface area (Å²) in [4.78, 5) is 22.0. The molecule has 1 aromatic carbocycles. The zero-order valence-corrected chi connectivity index (χ0v) is 15.6. The molecule has 0 unspecified atom stereocenters. The number of amides is 1. The molecule has 5 nitrogen and oxygen atoms in total. The van der Waals surface area contributed by atoms with E-state index >= 15 is 0 Å². The monoisotopic (exact) mass is 370 g/mol. The summed E-state index contributed by atoms with van der Waals surface area (Å²) in [7, 11) is 0. The van der Waals surface area contributed by atoms with Crippen molar-refractivity contribution in [3.8, 4) is 0 Å². The third-order valence-electron chi connectivity index (χ3n) is 5.41. The number of benzene rings is 1. The normalized spacial score (nSPS) is 16.6. The lowest BCUT2D eigenvalue weighted by Crippen LogP contribution is -2.20. The number of carbonyl (C=O) groups excluding carboxylic acids is 1. The van der Waals surface area contributed by atoms with Gasteiger partial charge in [-0.25, -0.2) is 9.97 Å². The lowest BCUT2D eigenvalue weighted by molar-refractivity contribution is 0.102. The molecule has 2 N–H and O–H groups in total. The van der Waals surface area contributed by atoms with Crippen molar-refractivity contribution in [2.24, 2.45) is 0 Å². The Bertz CT molecular complexity index is 1070. The SMILES string of the molecule is O=C(Nc1ccc(C2=CCNCC2)cc1)c1cc2cccnc2nc1C1CC1. The summed E-state index contributed by atoms with van der Waals surface area (Å²) >= 11 is 0. The zero-order chi connectivity index (χ0) is 18.9. The van der Waals surface area contributed by atoms with Gasteiger partial charge in [0.25, 0.3) is 5.91 Å². The second-order valence-electron chi connectivity index (χ2n) is 7.46. The van der Waals surface area contributed by atoms with Gasteiger partial charge in [-0.1, -0.05) is 18.2 Å². The zero-order valence-electron chi connectivity index (χ0n) is 15.6. The summed E-state index contributed by atoms with van der Waals surface area (Å²) in [5.41, 5.74) is 5.63. The van der Waals surface area contributed by atoms with Crippen LogP contribution in [0.25, 0.3) is 16.6 Å². The number of rotatable bonds is 4. The van der Waals surface area contributed by atoms with Crippen molar-refractivity contribution in [1.82, 2.24) is 15.3 Å². The molecule has 0 spiro atoms. The molecule has 0 radical (unpaired) electrons. The van der Waals surface area contributed by atoms with Crippen LogP contribution in [-0.2, 0) is 0 Å². The molecule has 1 amide bonds. The molecule has 5 heteroatoms. The van der Waals surface area contributed by atoms with Crippen molar-refractivity contribution in [3.05, 3.63) is 71.6 Å². The highest BCUT2D eigenvalue weighted by atomic mass is 16.1. The molecule has 1 fully saturated rings. The predicted octanol–water partition coefficient (Wildman–Crippen LogP) is 4.14. The number of pyridine rings is 2. The molecular weight excluding hydrogens is 348 g/mol. The Morgan fingerprint density at radius 1 is 1.14 bits per heavy atom. The molecule has 0 atom stereocenters. The van der Waals surface area contributed by atoms with E-state index < -0.39 is 0 Å². The molecule has 5 rings (SSSR count). The number of anilines is 1. The second kappa shape index (κ2) is 7.17. The summed E-state index contributed by atoms with van der Waals surface area (Å²) in [6.45, 7) is 1.93. The summed E-state index contributed by atoms with van der Waals surface area (Å²) < 4.78 is 0. The van der Waals surface area contributed by atoms with Crippen molar-refractivity contribution in [3.63, 3.8) is 0 Å². The number of carbonyl (C=O) groups is 1. The Labute approximate surface area is 163 Å². The van der Waals surface area contributed by atoms with Crippen molar-refractivity contribution in [1.29, 1.82) is 0 Å². The summed E-state index contributed by atoms with van der Waals surface area (Å²) in [5, 5.41) is 7.27. The predicted molar refractivity (Wildman–Crippen MR) is 111 cm³/mol. The third-order valence-corrected chi connectivity index (χ3v) is 5.41. The largest absolute Gasteiger partial charge is 0.322 e. The first-order valence-electron chi connectivity index (χ1n) is 9.85. The van der Waals surface area contributed by atoms with Crippen LogP contribution in [0.15, 0.2) is 54.7 Å². The highest BCUT2D eigenvalue weighted by Crippen LogP contribution is 2.41. The average molecular weight is 370 g/mol. The van der Waals surface area contributed by atoms with Gasteiger partial charge < -0.3 is 10.6 Å². The van der Waals surface area contributed by atoms with Crippen molar-refractivity contribution in [2.75, 3.05) is 18.4 Å². The van der Waals surface area contributed by atoms with E-state index in [1.807, 2.05) is 30.3 Å². The summed E-state index contributed by atoms with van der Waals surface area (Å²) in [6.07, 6.45) is 7.18. The molecule has 28 heavy (non-hydrogen) atoms. The molecule has 0 bridgehead atoms. The fourth-order valence-electron chi connectivity index (χ4n) is 3.72. The van der Waals surface area contributed by atoms with E-state index in [0.29, 0.717) is 17.1 Å². The van der Waals surface area contributed by atoms with Crippen molar-refractivity contribution < 1.29 is 4.79 Å². The van der Waals surface area contributed by atoms with Gasteiger partial charge in [-0.3, -0.25) is 4.79 Å². The van der Waals surface area contributed by atoms with Gasteiger partial charge in [0, 0.05) is 29.7 Å². The van der Waals surface area contributed by atoms with E-state index in [-0.39, 0.29) is 5.91 Å². The van der Waals surface area contributed by atoms with Gasteiger partial charge >= 0.3 is 0 Å². The molecule has 1 aliphatic heterocycles. The van der Waals surface area contributed by atoms with Crippen LogP contribution in [0.5, 0.6) is 0 Å². The Morgan fingerprint density at radius 2 is 2.00 bits per heavy atom. The lowest BCUT2D eigenvalue weighted by Gasteiger charge is -2.15. The maximum absolute atomic E-state index is 13.0. The highest BCUT2D eigenvalue weighted by Gasteiger charge is 2.30. The Hall–Kier alpha value is -3.05. The number of fused-ring (bicyclic) bond motifs is 1. The number of aromatic nitrogens is 2. The van der Waals surface area contributed by atoms with E-state index in [9.17, 15) is 4.79 Å². The average Bonchev–Trinajstić information content (AvgIpc) is 3.59. The first kappa shape index (κ1) is 17.1. The van der Waals surface area contributed by atoms with E-state index in [1.165, 1.54) is 11.1 Å². The molecule has 1 saturated carbocycles. The van der Waals surface area contributed by atoms with Crippen LogP contribution in [-0.4, -0.2) is 29.0 Å². The van der Waals surface area contributed by atoms with E-state index in [4.69, 9.17) is 0 Å². The van der Waals surface area contributed by atoms with Crippen molar-refractivity contribution >= 4 is 28.2 Å². The van der Waals surface area contributed by atoms with Crippen LogP contribution >= 0.6 is 0 Å². The van der Waals surface area contributed by atoms with Gasteiger partial charge in [0.05, 0.1) is 11.3 Å². The van der Waals surface area contributed by atoms with E-state index in [1.54, 1.807) is 6.20 Å². The topological polar surface area (TPSA) is 66.9 Å². The Kier molecular flexibility index (Phi) is 4.37. The van der Waals surface area contributed by atoms with Crippen LogP contribution in [0.1, 0.15) is 46.8 Å². The first-order valence-corrected chi connectivity index (χ1v) is 9.85. The van der Waals surface area contributed by atoms with Gasteiger partial charge in [0.15, 0.2) is 5.65 Å². The van der Waals surface area contributed by atoms with E-state index in [2.05, 4.69) is 38.8 Å². The maximum Gasteiger partial charge on any atom is 0.257 e. The van der Waals surface area contributed by atoms with Crippen LogP contribution in [0, 0.1) is 0 Å². The summed E-state index contributed by atoms with van der Waals surface area (Å²) in [5.74, 6) is 0.273. The molecular formula is C23H22N4O. The Morgan fingerprint density at radius 3 is 2.75 bits per heavy atom. The molecule has 0 saturated heterocycles. The fraction of sp³-hybridized carbons (Fsp3) is 0.261. The van der Waals surface area contributed by atoms with Gasteiger partial charge in [-0.2, -0.15) is 0 Å². The van der Waals surface area contributed by atoms with Crippen LogP contribution < -0.4 is 10.6 Å². The third kappa shape index (κ3) is 3.41. The van der Waals surface area contributed by atoms with Crippen LogP contribution in [0.2, 0.25) is 0 Å². The Balaban J connectivity index is 1.41. The van der Waals surface area contributed by atoms with Crippen LogP contribution in [0.4, 0.5) is 5.69 Å². The second-order valence-corrected chi connectivity index (χ2v) is 7.46. The van der Waals surface area contributed by atoms with Gasteiger partial charge in [0.1, 0.15) is 0 Å². The van der Waals surface area contributed by atoms with E-state index in [0.717, 1.165) is 49.1 Å². The molecule has 2 aromatic heterocycles. The molecule has 140 valence electrons. The molecule has 3 aromatic rings. The minimum atomic E-state index is -0.103. The number of hydrogen-bond acceptors (Lipinski definition) is 4. The highest BCUT2D eigenvalue weighted by molar-refractivity contribution is 6.06. The minimum Gasteiger partial charge on any atom is -0.322 e. The summed E-state index contributed by atoms with van der Waals surface area (Å²) in [6, 6.07) is 13.9. The maximum atomic E-state index is 13.0. The standard InChI is InChI=1S/C23H22N4O/c28-23(26-19-7-5-15(6-8-19)16-9-12-24-13-10-16)20-14-18-2-1-11-25-22(18)27-21(20)17-3-4-17/h1-2,5-9,11,14,17,24H,3-4,10,12-13H2,(H,26,28). The lowest BCUT2D eigenvalue weighted by atomic mass is 10.00. The molecule has 3 heterocycles. The smallest absolute Gasteiger partial charge is 0.257 e. The fourth-order valence-corrected chi connectivity index (χ4v) is 3.72. The van der Waals surface area contributed by atoms with Gasteiger partial charge in [-0.15, -0.1) is 0 Å². The van der Waals surface area contributed by atoms with Gasteiger partial charge in [-0.05, 0) is 67.3 Å². The molecule has 1 aliphatic carbocycles. The number of nitrogens with one attached hydrogen (secondary N) is 2. The van der Waals surface area contributed by atoms with Crippen LogP contribution in [0.3, 0.4) is 0 Å². The quantitative estimate of drug-likeness (QED) is 0.724. The number of nitrogens with zero attached hydrogens (tertiary/aromatic N) is 2. The first-order chi connectivity index (χ1) is 13.8. The van der Waals surface area contributed by atoms with Gasteiger partial charge in [0.2, 0.25) is 0 Å². The van der Waals surface area contributed by atoms with Crippen molar-refractivity contribution in [2.45, 2.75) is 25.2 Å². The molecule has 2 aliphatic rings. The number of hydrogen-bond donors (Lipinski definition) is 2. The minimum absolute atomic E-state index is 0.103.